The zero-order valence-electron chi connectivity index (χ0n) is 21.8. The van der Waals surface area contributed by atoms with Crippen LogP contribution in [-0.2, 0) is 9.59 Å². The quantitative estimate of drug-likeness (QED) is 0.132. The molecule has 4 rings (SSSR count). The molecule has 208 valence electrons. The van der Waals surface area contributed by atoms with Gasteiger partial charge in [-0.15, -0.1) is 11.8 Å². The van der Waals surface area contributed by atoms with Crippen molar-refractivity contribution in [1.82, 2.24) is 5.32 Å². The van der Waals surface area contributed by atoms with E-state index in [-0.39, 0.29) is 17.4 Å². The van der Waals surface area contributed by atoms with E-state index >= 15 is 0 Å². The number of rotatable bonds is 10. The van der Waals surface area contributed by atoms with E-state index in [0.717, 1.165) is 4.90 Å². The van der Waals surface area contributed by atoms with Crippen LogP contribution in [0.3, 0.4) is 0 Å². The minimum absolute atomic E-state index is 0.0508. The van der Waals surface area contributed by atoms with Gasteiger partial charge in [-0.1, -0.05) is 53.5 Å². The first kappa shape index (κ1) is 29.7. The number of amides is 3. The van der Waals surface area contributed by atoms with Gasteiger partial charge in [0, 0.05) is 26.9 Å². The van der Waals surface area contributed by atoms with Crippen molar-refractivity contribution in [3.8, 4) is 5.75 Å². The summed E-state index contributed by atoms with van der Waals surface area (Å²) in [6.45, 7) is 0. The lowest BCUT2D eigenvalue weighted by atomic mass is 10.1. The van der Waals surface area contributed by atoms with Crippen molar-refractivity contribution in [2.45, 2.75) is 4.90 Å². The molecule has 0 radical (unpaired) electrons. The van der Waals surface area contributed by atoms with E-state index in [9.17, 15) is 14.4 Å². The Morgan fingerprint density at radius 1 is 0.829 bits per heavy atom. The summed E-state index contributed by atoms with van der Waals surface area (Å²) in [6, 6.07) is 27.6. The fourth-order valence-electron chi connectivity index (χ4n) is 3.63. The Labute approximate surface area is 251 Å². The molecular formula is C31H25Cl2N3O4S. The highest BCUT2D eigenvalue weighted by Gasteiger charge is 2.15. The van der Waals surface area contributed by atoms with Gasteiger partial charge in [-0.25, -0.2) is 0 Å². The molecule has 10 heteroatoms. The van der Waals surface area contributed by atoms with Crippen LogP contribution in [0.1, 0.15) is 15.9 Å². The van der Waals surface area contributed by atoms with Gasteiger partial charge in [0.25, 0.3) is 11.8 Å². The number of halogens is 2. The fourth-order valence-corrected chi connectivity index (χ4v) is 4.78. The Hall–Kier alpha value is -4.24. The van der Waals surface area contributed by atoms with E-state index in [4.69, 9.17) is 27.9 Å². The van der Waals surface area contributed by atoms with E-state index in [1.165, 1.54) is 18.9 Å². The molecule has 41 heavy (non-hydrogen) atoms. The van der Waals surface area contributed by atoms with Gasteiger partial charge in [-0.3, -0.25) is 14.4 Å². The fraction of sp³-hybridized carbons (Fsp3) is 0.0645. The van der Waals surface area contributed by atoms with E-state index in [0.29, 0.717) is 38.3 Å². The number of benzene rings is 4. The molecule has 4 aromatic carbocycles. The van der Waals surface area contributed by atoms with E-state index in [1.807, 2.05) is 0 Å². The summed E-state index contributed by atoms with van der Waals surface area (Å²) in [7, 11) is 1.52. The molecular weight excluding hydrogens is 581 g/mol. The molecule has 4 aromatic rings. The molecule has 0 saturated carbocycles. The van der Waals surface area contributed by atoms with Crippen LogP contribution in [-0.4, -0.2) is 30.6 Å². The van der Waals surface area contributed by atoms with Gasteiger partial charge in [-0.2, -0.15) is 0 Å². The number of ether oxygens (including phenoxy) is 1. The molecule has 0 fully saturated rings. The number of hydrogen-bond acceptors (Lipinski definition) is 5. The number of methoxy groups -OCH3 is 1. The van der Waals surface area contributed by atoms with Gasteiger partial charge in [0.1, 0.15) is 11.4 Å². The average Bonchev–Trinajstić information content (AvgIpc) is 2.97. The van der Waals surface area contributed by atoms with Crippen LogP contribution < -0.4 is 20.7 Å². The molecule has 0 bridgehead atoms. The van der Waals surface area contributed by atoms with Crippen LogP contribution in [0.5, 0.6) is 5.75 Å². The van der Waals surface area contributed by atoms with Crippen molar-refractivity contribution in [3.63, 3.8) is 0 Å². The van der Waals surface area contributed by atoms with Crippen molar-refractivity contribution in [3.05, 3.63) is 124 Å². The Balaban J connectivity index is 1.39. The summed E-state index contributed by atoms with van der Waals surface area (Å²) in [4.78, 5) is 39.2. The maximum Gasteiger partial charge on any atom is 0.272 e. The Morgan fingerprint density at radius 2 is 1.56 bits per heavy atom. The first-order chi connectivity index (χ1) is 19.8. The maximum absolute atomic E-state index is 13.2. The van der Waals surface area contributed by atoms with Crippen molar-refractivity contribution in [1.29, 1.82) is 0 Å². The van der Waals surface area contributed by atoms with Crippen LogP contribution in [0.15, 0.2) is 108 Å². The third-order valence-electron chi connectivity index (χ3n) is 5.61. The molecule has 3 amide bonds. The van der Waals surface area contributed by atoms with E-state index < -0.39 is 11.8 Å². The zero-order valence-corrected chi connectivity index (χ0v) is 24.1. The first-order valence-electron chi connectivity index (χ1n) is 12.3. The highest BCUT2D eigenvalue weighted by atomic mass is 35.5. The van der Waals surface area contributed by atoms with E-state index in [2.05, 4.69) is 16.0 Å². The lowest BCUT2D eigenvalue weighted by Crippen LogP contribution is -2.30. The Bertz CT molecular complexity index is 1580. The zero-order chi connectivity index (χ0) is 29.2. The standard InChI is InChI=1S/C31H25Cl2N3O4S/c1-40-28-15-12-24(18-26(28)33)34-29(37)19-41-25-13-10-23(11-14-25)35-31(39)27(17-20-6-5-9-22(32)16-20)36-30(38)21-7-3-2-4-8-21/h2-18H,19H2,1H3,(H,34,37)(H,35,39)(H,36,38)/b27-17-. The van der Waals surface area contributed by atoms with Crippen molar-refractivity contribution in [2.75, 3.05) is 23.5 Å². The van der Waals surface area contributed by atoms with Gasteiger partial charge in [0.2, 0.25) is 5.91 Å². The van der Waals surface area contributed by atoms with Crippen LogP contribution >= 0.6 is 35.0 Å². The van der Waals surface area contributed by atoms with Crippen LogP contribution in [0.25, 0.3) is 6.08 Å². The topological polar surface area (TPSA) is 96.5 Å². The summed E-state index contributed by atoms with van der Waals surface area (Å²) in [5.74, 6) is -0.425. The van der Waals surface area contributed by atoms with Gasteiger partial charge in [0.15, 0.2) is 0 Å². The normalized spacial score (nSPS) is 11.0. The van der Waals surface area contributed by atoms with Crippen molar-refractivity contribution >= 4 is 70.1 Å². The second kappa shape index (κ2) is 14.4. The monoisotopic (exact) mass is 605 g/mol. The number of anilines is 2. The van der Waals surface area contributed by atoms with Crippen LogP contribution in [0.4, 0.5) is 11.4 Å². The third kappa shape index (κ3) is 8.88. The Kier molecular flexibility index (Phi) is 10.5. The van der Waals surface area contributed by atoms with Gasteiger partial charge in [-0.05, 0) is 78.4 Å². The second-order valence-electron chi connectivity index (χ2n) is 8.60. The molecule has 0 spiro atoms. The minimum atomic E-state index is -0.507. The average molecular weight is 607 g/mol. The third-order valence-corrected chi connectivity index (χ3v) is 7.15. The number of carbonyl (C=O) groups is 3. The number of carbonyl (C=O) groups excluding carboxylic acids is 3. The summed E-state index contributed by atoms with van der Waals surface area (Å²) in [5, 5.41) is 9.21. The van der Waals surface area contributed by atoms with Crippen LogP contribution in [0, 0.1) is 0 Å². The summed E-state index contributed by atoms with van der Waals surface area (Å²) >= 11 is 13.6. The molecule has 0 aliphatic rings. The smallest absolute Gasteiger partial charge is 0.272 e. The SMILES string of the molecule is COc1ccc(NC(=O)CSc2ccc(NC(=O)/C(=C/c3cccc(Cl)c3)NC(=O)c3ccccc3)cc2)cc1Cl. The summed E-state index contributed by atoms with van der Waals surface area (Å²) < 4.78 is 5.12. The van der Waals surface area contributed by atoms with E-state index in [1.54, 1.807) is 103 Å². The maximum atomic E-state index is 13.2. The molecule has 0 aliphatic carbocycles. The number of hydrogen-bond donors (Lipinski definition) is 3. The van der Waals surface area contributed by atoms with Crippen molar-refractivity contribution in [2.24, 2.45) is 0 Å². The summed E-state index contributed by atoms with van der Waals surface area (Å²) in [6.07, 6.45) is 1.56. The van der Waals surface area contributed by atoms with Gasteiger partial charge < -0.3 is 20.7 Å². The lowest BCUT2D eigenvalue weighted by Gasteiger charge is -2.12. The molecule has 0 aromatic heterocycles. The number of nitrogens with one attached hydrogen (secondary N) is 3. The first-order valence-corrected chi connectivity index (χ1v) is 14.1. The molecule has 0 atom stereocenters. The Morgan fingerprint density at radius 3 is 2.24 bits per heavy atom. The predicted molar refractivity (Wildman–Crippen MR) is 166 cm³/mol. The summed E-state index contributed by atoms with van der Waals surface area (Å²) in [5.41, 5.74) is 2.20. The molecule has 0 unspecified atom stereocenters. The largest absolute Gasteiger partial charge is 0.495 e. The molecule has 0 aliphatic heterocycles. The highest BCUT2D eigenvalue weighted by Crippen LogP contribution is 2.27. The predicted octanol–water partition coefficient (Wildman–Crippen LogP) is 7.14. The second-order valence-corrected chi connectivity index (χ2v) is 10.5. The molecule has 3 N–H and O–H groups in total. The minimum Gasteiger partial charge on any atom is -0.495 e. The van der Waals surface area contributed by atoms with Gasteiger partial charge in [0.05, 0.1) is 17.9 Å². The highest BCUT2D eigenvalue weighted by molar-refractivity contribution is 8.00. The van der Waals surface area contributed by atoms with Crippen molar-refractivity contribution < 1.29 is 19.1 Å². The molecule has 7 nitrogen and oxygen atoms in total. The van der Waals surface area contributed by atoms with Gasteiger partial charge >= 0.3 is 0 Å². The van der Waals surface area contributed by atoms with Crippen LogP contribution in [0.2, 0.25) is 10.0 Å². The lowest BCUT2D eigenvalue weighted by molar-refractivity contribution is -0.114. The molecule has 0 heterocycles. The molecule has 0 saturated heterocycles. The number of thioether (sulfide) groups is 1.